The quantitative estimate of drug-likeness (QED) is 0.158. The van der Waals surface area contributed by atoms with Crippen molar-refractivity contribution in [2.75, 3.05) is 55.6 Å². The largest absolute Gasteiger partial charge is 0.333 e. The average molecular weight is 1320 g/mol. The Morgan fingerprint density at radius 1 is 0.378 bits per heavy atom. The first-order chi connectivity index (χ1) is 47.0. The molecule has 98 heavy (non-hydrogen) atoms. The molecule has 13 heteroatoms. The van der Waals surface area contributed by atoms with Gasteiger partial charge in [-0.3, -0.25) is 14.7 Å². The molecule has 9 saturated heterocycles. The molecular weight excluding hydrogens is 1200 g/mol. The van der Waals surface area contributed by atoms with Gasteiger partial charge < -0.3 is 4.90 Å². The van der Waals surface area contributed by atoms with Gasteiger partial charge in [-0.25, -0.2) is 42.4 Å². The van der Waals surface area contributed by atoms with E-state index in [1.54, 1.807) is 16.7 Å². The Kier molecular flexibility index (Phi) is 17.9. The van der Waals surface area contributed by atoms with Crippen LogP contribution < -0.4 is 52.2 Å². The lowest BCUT2D eigenvalue weighted by Crippen LogP contribution is -2.72. The van der Waals surface area contributed by atoms with Gasteiger partial charge in [-0.1, -0.05) is 104 Å². The van der Waals surface area contributed by atoms with Crippen LogP contribution in [0.5, 0.6) is 0 Å². The molecule has 0 spiro atoms. The van der Waals surface area contributed by atoms with Crippen molar-refractivity contribution >= 4 is 34.8 Å². The zero-order valence-corrected chi connectivity index (χ0v) is 62.1. The third-order valence-corrected chi connectivity index (χ3v) is 26.3. The molecule has 13 aliphatic heterocycles. The molecule has 3 aromatic carbocycles. The molecular formula is C85H114N13+5. The summed E-state index contributed by atoms with van der Waals surface area (Å²) in [5.74, 6) is 7.29. The van der Waals surface area contributed by atoms with Crippen LogP contribution in [0.15, 0.2) is 195 Å². The molecule has 13 nitrogen and oxygen atoms in total. The second-order valence-electron chi connectivity index (χ2n) is 31.9. The number of anilines is 6. The number of nitrogens with zero attached hydrogens (tertiary/aromatic N) is 13. The van der Waals surface area contributed by atoms with Gasteiger partial charge in [-0.15, -0.1) is 0 Å². The third-order valence-electron chi connectivity index (χ3n) is 26.3. The summed E-state index contributed by atoms with van der Waals surface area (Å²) in [4.78, 5) is 20.9. The first-order valence-electron chi connectivity index (χ1n) is 37.3. The highest BCUT2D eigenvalue weighted by Crippen LogP contribution is 2.58. The zero-order valence-electron chi connectivity index (χ0n) is 62.1. The maximum atomic E-state index is 2.67. The number of piperidine rings is 4. The van der Waals surface area contributed by atoms with E-state index in [9.17, 15) is 0 Å². The number of hydrogen-bond acceptors (Lipinski definition) is 8. The molecule has 15 aliphatic rings. The standard InChI is InChI=1S/C20H25N2.C18H22N3.C18H21N2.C15H24N3.C14H22N3/c1-15-19(2)12-13-20(3,17-10-6-5-9-16(17)19)22(15)18-11-7-8-14-21(18)4;1-14-20-13-11-18(2,15-8-4-5-9-16(15)20)21(14)17-10-6-7-12-19(17)3;1-13-14-10-11-17(16-8-4-3-7-15(14)16)20(13)18-9-5-6-12-19(18)2;1-12-11-15(3)8-10-17(12)13(2)18(15)14-7-5-6-9-16(14)4;1-12-16-10-7-14(2,8-11-16)17(12)13-6-4-5-9-15(13)3/h5-11,14-15H,12-13H2,1-4H3;4-10,12,14H,11,13H2,1-3H3;3-9,12-14,17H,10-11H2,1-2H3;5-7,9,12-13H,8,10-11H2,1-4H3;4-6,9,12H,7-8,10-11H2,1-3H3/q5*+1. The fraction of sp³-hybridized carbons (Fsp3) is 0.494. The highest BCUT2D eigenvalue weighted by Gasteiger charge is 2.62. The number of para-hydroxylation sites is 1. The van der Waals surface area contributed by atoms with Crippen molar-refractivity contribution in [3.8, 4) is 0 Å². The van der Waals surface area contributed by atoms with Crippen LogP contribution in [0.4, 0.5) is 34.8 Å². The summed E-state index contributed by atoms with van der Waals surface area (Å²) in [7, 11) is 10.7. The highest BCUT2D eigenvalue weighted by molar-refractivity contribution is 5.68. The van der Waals surface area contributed by atoms with E-state index in [0.717, 1.165) is 6.54 Å². The van der Waals surface area contributed by atoms with Crippen molar-refractivity contribution in [2.45, 2.75) is 210 Å². The zero-order chi connectivity index (χ0) is 68.8. The minimum atomic E-state index is 0.0733. The second kappa shape index (κ2) is 26.0. The first kappa shape index (κ1) is 67.3. The van der Waals surface area contributed by atoms with Crippen LogP contribution in [-0.4, -0.2) is 83.7 Å². The van der Waals surface area contributed by atoms with Gasteiger partial charge in [0.1, 0.15) is 52.6 Å². The Hall–Kier alpha value is -7.87. The molecule has 9 fully saturated rings. The number of pyridine rings is 5. The number of aromatic nitrogens is 5. The molecule has 10 bridgehead atoms. The summed E-state index contributed by atoms with van der Waals surface area (Å²) in [6.07, 6.45) is 23.5. The van der Waals surface area contributed by atoms with Crippen molar-refractivity contribution in [3.05, 3.63) is 223 Å². The fourth-order valence-electron chi connectivity index (χ4n) is 20.7. The van der Waals surface area contributed by atoms with Crippen LogP contribution in [0.25, 0.3) is 0 Å². The van der Waals surface area contributed by atoms with E-state index in [2.05, 4.69) is 368 Å². The summed E-state index contributed by atoms with van der Waals surface area (Å²) < 4.78 is 11.2. The molecule has 0 radical (unpaired) electrons. The second-order valence-corrected chi connectivity index (χ2v) is 31.9. The number of rotatable bonds is 5. The molecule has 13 atom stereocenters. The van der Waals surface area contributed by atoms with Crippen LogP contribution in [-0.2, 0) is 51.7 Å². The van der Waals surface area contributed by atoms with Gasteiger partial charge in [-0.05, 0) is 148 Å². The van der Waals surface area contributed by atoms with Crippen LogP contribution in [0.3, 0.4) is 0 Å². The van der Waals surface area contributed by atoms with Crippen molar-refractivity contribution in [1.82, 2.24) is 9.80 Å². The minimum absolute atomic E-state index is 0.0733. The summed E-state index contributed by atoms with van der Waals surface area (Å²) in [5, 5.41) is 0. The Labute approximate surface area is 587 Å². The molecule has 18 heterocycles. The highest BCUT2D eigenvalue weighted by atomic mass is 15.5. The molecule has 5 aromatic heterocycles. The molecule has 0 N–H and O–H groups in total. The third kappa shape index (κ3) is 11.1. The molecule has 2 aliphatic carbocycles. The molecule has 514 valence electrons. The number of aryl methyl sites for hydroxylation is 5. The van der Waals surface area contributed by atoms with Crippen LogP contribution in [0.1, 0.15) is 174 Å². The van der Waals surface area contributed by atoms with E-state index < -0.39 is 0 Å². The molecule has 0 saturated carbocycles. The predicted molar refractivity (Wildman–Crippen MR) is 398 cm³/mol. The lowest BCUT2D eigenvalue weighted by molar-refractivity contribution is -0.660. The van der Waals surface area contributed by atoms with Gasteiger partial charge in [0.05, 0.1) is 66.2 Å². The SMILES string of the molecule is CC1C2CCC(c3ccccc32)N1c1cccc[n+]1C.CC1CC2(C)CCN1C(C)N2c1cccc[n+]1C.CC1N(c2cccc[n+]2C)C2(C)CCC1(C)c1ccccc12.CC1N2CCC(C)(CC2)N1c1cccc[n+]1C.CC1N2CCC(C)(c3ccccc32)N1c1cccc[n+]1C. The Morgan fingerprint density at radius 3 is 1.38 bits per heavy atom. The van der Waals surface area contributed by atoms with E-state index in [4.69, 9.17) is 0 Å². The van der Waals surface area contributed by atoms with Crippen molar-refractivity contribution in [2.24, 2.45) is 35.2 Å². The van der Waals surface area contributed by atoms with Crippen LogP contribution >= 0.6 is 0 Å². The number of hydrogen-bond donors (Lipinski definition) is 0. The molecule has 13 unspecified atom stereocenters. The van der Waals surface area contributed by atoms with Crippen molar-refractivity contribution in [3.63, 3.8) is 0 Å². The van der Waals surface area contributed by atoms with Crippen molar-refractivity contribution < 1.29 is 22.8 Å². The van der Waals surface area contributed by atoms with Gasteiger partial charge in [-0.2, -0.15) is 0 Å². The van der Waals surface area contributed by atoms with Crippen LogP contribution in [0.2, 0.25) is 0 Å². The average Bonchev–Trinajstić information content (AvgIpc) is 0.703. The van der Waals surface area contributed by atoms with Gasteiger partial charge in [0, 0.05) is 123 Å². The van der Waals surface area contributed by atoms with Crippen molar-refractivity contribution in [1.29, 1.82) is 0 Å². The normalized spacial score (nSPS) is 32.2. The molecule has 23 rings (SSSR count). The Morgan fingerprint density at radius 2 is 0.837 bits per heavy atom. The lowest BCUT2D eigenvalue weighted by atomic mass is 9.56. The summed E-state index contributed by atoms with van der Waals surface area (Å²) in [6.45, 7) is 31.2. The number of benzene rings is 3. The van der Waals surface area contributed by atoms with Gasteiger partial charge >= 0.3 is 0 Å². The van der Waals surface area contributed by atoms with E-state index in [1.807, 2.05) is 0 Å². The Bertz CT molecular complexity index is 4180. The van der Waals surface area contributed by atoms with E-state index in [0.29, 0.717) is 59.7 Å². The molecule has 0 amide bonds. The first-order valence-corrected chi connectivity index (χ1v) is 37.3. The Balaban J connectivity index is 0.000000105. The predicted octanol–water partition coefficient (Wildman–Crippen LogP) is 13.3. The van der Waals surface area contributed by atoms with Crippen LogP contribution in [0, 0.1) is 0 Å². The lowest BCUT2D eigenvalue weighted by Gasteiger charge is -2.58. The summed E-state index contributed by atoms with van der Waals surface area (Å²) in [6, 6.07) is 61.8. The minimum Gasteiger partial charge on any atom is -0.333 e. The topological polar surface area (TPSA) is 45.3 Å². The van der Waals surface area contributed by atoms with E-state index in [-0.39, 0.29) is 16.5 Å². The number of fused-ring (bicyclic) bond motifs is 12. The van der Waals surface area contributed by atoms with Gasteiger partial charge in [0.15, 0.2) is 6.17 Å². The maximum absolute atomic E-state index is 2.67. The summed E-state index contributed by atoms with van der Waals surface area (Å²) >= 11 is 0. The smallest absolute Gasteiger partial charge is 0.278 e. The fourth-order valence-corrected chi connectivity index (χ4v) is 20.7. The van der Waals surface area contributed by atoms with Gasteiger partial charge in [0.25, 0.3) is 29.1 Å². The molecule has 8 aromatic rings. The van der Waals surface area contributed by atoms with Gasteiger partial charge in [0.2, 0.25) is 0 Å². The van der Waals surface area contributed by atoms with E-state index in [1.165, 1.54) is 123 Å². The summed E-state index contributed by atoms with van der Waals surface area (Å²) in [5.41, 5.74) is 10.1. The maximum Gasteiger partial charge on any atom is 0.278 e. The van der Waals surface area contributed by atoms with E-state index >= 15 is 0 Å². The monoisotopic (exact) mass is 1320 g/mol.